The molecule has 110 valence electrons. The topological polar surface area (TPSA) is 55.1 Å². The van der Waals surface area contributed by atoms with E-state index >= 15 is 0 Å². The minimum atomic E-state index is -0.192. The van der Waals surface area contributed by atoms with E-state index in [1.165, 1.54) is 23.9 Å². The Kier molecular flexibility index (Phi) is 5.65. The van der Waals surface area contributed by atoms with E-state index in [9.17, 15) is 4.79 Å². The summed E-state index contributed by atoms with van der Waals surface area (Å²) in [6.07, 6.45) is 0. The number of nitrogens with two attached hydrogens (primary N) is 1. The Bertz CT molecular complexity index is 679. The summed E-state index contributed by atoms with van der Waals surface area (Å²) >= 11 is 19.1. The highest BCUT2D eigenvalue weighted by atomic mass is 35.5. The molecule has 0 spiro atoms. The van der Waals surface area contributed by atoms with E-state index in [4.69, 9.17) is 40.5 Å². The van der Waals surface area contributed by atoms with Crippen molar-refractivity contribution in [2.45, 2.75) is 4.90 Å². The molecule has 2 rings (SSSR count). The Hall–Kier alpha value is -1.07. The molecule has 0 unspecified atom stereocenters. The minimum absolute atomic E-state index is 0.192. The zero-order valence-electron chi connectivity index (χ0n) is 10.7. The largest absolute Gasteiger partial charge is 0.399 e. The second kappa shape index (κ2) is 7.27. The molecule has 1 amide bonds. The number of benzene rings is 2. The van der Waals surface area contributed by atoms with Gasteiger partial charge in [-0.15, -0.1) is 11.8 Å². The molecule has 0 fully saturated rings. The average Bonchev–Trinajstić information content (AvgIpc) is 2.43. The van der Waals surface area contributed by atoms with E-state index in [2.05, 4.69) is 5.32 Å². The summed E-state index contributed by atoms with van der Waals surface area (Å²) in [6, 6.07) is 10.3. The highest BCUT2D eigenvalue weighted by Crippen LogP contribution is 2.32. The number of amides is 1. The minimum Gasteiger partial charge on any atom is -0.399 e. The molecule has 0 aliphatic carbocycles. The Labute approximate surface area is 141 Å². The molecule has 0 bridgehead atoms. The number of hydrogen-bond acceptors (Lipinski definition) is 3. The number of nitrogens with one attached hydrogen (secondary N) is 1. The van der Waals surface area contributed by atoms with Gasteiger partial charge in [-0.1, -0.05) is 40.9 Å². The number of thioether (sulfide) groups is 1. The molecule has 2 aromatic rings. The van der Waals surface area contributed by atoms with Gasteiger partial charge >= 0.3 is 0 Å². The number of rotatable bonds is 4. The molecule has 0 heterocycles. The van der Waals surface area contributed by atoms with Crippen molar-refractivity contribution in [2.75, 3.05) is 16.8 Å². The normalized spacial score (nSPS) is 10.4. The van der Waals surface area contributed by atoms with Gasteiger partial charge in [0.2, 0.25) is 5.91 Å². The van der Waals surface area contributed by atoms with Crippen LogP contribution in [0.1, 0.15) is 0 Å². The number of halogens is 3. The predicted octanol–water partition coefficient (Wildman–Crippen LogP) is 4.96. The van der Waals surface area contributed by atoms with E-state index in [0.717, 1.165) is 4.90 Å². The molecule has 0 aromatic heterocycles. The molecule has 3 nitrogen and oxygen atoms in total. The first-order valence-corrected chi connectivity index (χ1v) is 8.00. The average molecular weight is 362 g/mol. The summed E-state index contributed by atoms with van der Waals surface area (Å²) in [6.45, 7) is 0. The first-order chi connectivity index (χ1) is 9.95. The van der Waals surface area contributed by atoms with Gasteiger partial charge in [0, 0.05) is 10.6 Å². The van der Waals surface area contributed by atoms with Gasteiger partial charge in [-0.2, -0.15) is 0 Å². The maximum Gasteiger partial charge on any atom is 0.234 e. The highest BCUT2D eigenvalue weighted by molar-refractivity contribution is 8.00. The Balaban J connectivity index is 1.97. The molecule has 3 N–H and O–H groups in total. The van der Waals surface area contributed by atoms with Crippen LogP contribution in [0.5, 0.6) is 0 Å². The van der Waals surface area contributed by atoms with E-state index in [1.807, 2.05) is 18.2 Å². The molecular formula is C14H11Cl3N2OS. The second-order valence-corrected chi connectivity index (χ2v) is 6.43. The molecule has 0 aliphatic heterocycles. The number of carbonyl (C=O) groups is 1. The quantitative estimate of drug-likeness (QED) is 0.460. The summed E-state index contributed by atoms with van der Waals surface area (Å²) in [5.74, 6) is 0.0442. The van der Waals surface area contributed by atoms with Crippen LogP contribution in [-0.2, 0) is 4.79 Å². The van der Waals surface area contributed by atoms with Crippen molar-refractivity contribution < 1.29 is 4.79 Å². The van der Waals surface area contributed by atoms with Gasteiger partial charge in [0.25, 0.3) is 0 Å². The maximum atomic E-state index is 11.9. The Morgan fingerprint density at radius 3 is 2.52 bits per heavy atom. The third-order valence-corrected chi connectivity index (χ3v) is 4.54. The van der Waals surface area contributed by atoms with Gasteiger partial charge in [-0.25, -0.2) is 0 Å². The van der Waals surface area contributed by atoms with Crippen LogP contribution in [0.25, 0.3) is 0 Å². The smallest absolute Gasteiger partial charge is 0.234 e. The zero-order chi connectivity index (χ0) is 15.4. The number of hydrogen-bond donors (Lipinski definition) is 2. The van der Waals surface area contributed by atoms with Crippen LogP contribution in [0.2, 0.25) is 15.1 Å². The van der Waals surface area contributed by atoms with Crippen LogP contribution in [0.3, 0.4) is 0 Å². The monoisotopic (exact) mass is 360 g/mol. The predicted molar refractivity (Wildman–Crippen MR) is 91.7 cm³/mol. The lowest BCUT2D eigenvalue weighted by Gasteiger charge is -2.09. The van der Waals surface area contributed by atoms with E-state index in [0.29, 0.717) is 26.4 Å². The molecule has 0 saturated heterocycles. The number of anilines is 2. The fourth-order valence-corrected chi connectivity index (χ4v) is 2.92. The zero-order valence-corrected chi connectivity index (χ0v) is 13.8. The van der Waals surface area contributed by atoms with Crippen LogP contribution in [-0.4, -0.2) is 11.7 Å². The summed E-state index contributed by atoms with van der Waals surface area (Å²) in [5.41, 5.74) is 6.78. The first-order valence-electron chi connectivity index (χ1n) is 5.88. The Morgan fingerprint density at radius 1 is 1.10 bits per heavy atom. The molecular weight excluding hydrogens is 351 g/mol. The van der Waals surface area contributed by atoms with E-state index < -0.39 is 0 Å². The fourth-order valence-electron chi connectivity index (χ4n) is 1.56. The lowest BCUT2D eigenvalue weighted by Crippen LogP contribution is -2.14. The molecule has 21 heavy (non-hydrogen) atoms. The van der Waals surface area contributed by atoms with Crippen molar-refractivity contribution in [3.8, 4) is 0 Å². The van der Waals surface area contributed by atoms with Crippen LogP contribution in [0.4, 0.5) is 11.4 Å². The molecule has 2 aromatic carbocycles. The number of nitrogen functional groups attached to an aromatic ring is 1. The van der Waals surface area contributed by atoms with Gasteiger partial charge in [0.15, 0.2) is 0 Å². The molecule has 0 atom stereocenters. The molecule has 0 saturated carbocycles. The summed E-state index contributed by atoms with van der Waals surface area (Å²) in [7, 11) is 0. The summed E-state index contributed by atoms with van der Waals surface area (Å²) in [5, 5.41) is 3.71. The molecule has 0 aliphatic rings. The van der Waals surface area contributed by atoms with Gasteiger partial charge in [0.05, 0.1) is 26.5 Å². The third kappa shape index (κ3) is 4.71. The molecule has 7 heteroatoms. The molecule has 0 radical (unpaired) electrons. The summed E-state index contributed by atoms with van der Waals surface area (Å²) in [4.78, 5) is 12.8. The number of carbonyl (C=O) groups excluding carboxylic acids is 1. The van der Waals surface area contributed by atoms with Gasteiger partial charge < -0.3 is 11.1 Å². The lowest BCUT2D eigenvalue weighted by molar-refractivity contribution is -0.113. The van der Waals surface area contributed by atoms with Crippen LogP contribution >= 0.6 is 46.6 Å². The fraction of sp³-hybridized carbons (Fsp3) is 0.0714. The lowest BCUT2D eigenvalue weighted by atomic mass is 10.3. The van der Waals surface area contributed by atoms with E-state index in [-0.39, 0.29) is 11.7 Å². The van der Waals surface area contributed by atoms with Crippen molar-refractivity contribution >= 4 is 63.8 Å². The van der Waals surface area contributed by atoms with Crippen molar-refractivity contribution in [3.63, 3.8) is 0 Å². The summed E-state index contributed by atoms with van der Waals surface area (Å²) < 4.78 is 0. The van der Waals surface area contributed by atoms with Gasteiger partial charge in [-0.05, 0) is 30.3 Å². The van der Waals surface area contributed by atoms with Gasteiger partial charge in [0.1, 0.15) is 0 Å². The van der Waals surface area contributed by atoms with Crippen molar-refractivity contribution in [3.05, 3.63) is 51.5 Å². The Morgan fingerprint density at radius 2 is 1.81 bits per heavy atom. The van der Waals surface area contributed by atoms with Crippen molar-refractivity contribution in [1.82, 2.24) is 0 Å². The van der Waals surface area contributed by atoms with Crippen LogP contribution in [0, 0.1) is 0 Å². The third-order valence-electron chi connectivity index (χ3n) is 2.51. The highest BCUT2D eigenvalue weighted by Gasteiger charge is 2.10. The van der Waals surface area contributed by atoms with Crippen LogP contribution < -0.4 is 11.1 Å². The maximum absolute atomic E-state index is 11.9. The standard InChI is InChI=1S/C14H11Cl3N2OS/c15-10-5-12(17)13(6-11(10)16)19-14(20)7-21-9-3-1-2-8(18)4-9/h1-6H,7,18H2,(H,19,20). The van der Waals surface area contributed by atoms with E-state index in [1.54, 1.807) is 6.07 Å². The SMILES string of the molecule is Nc1cccc(SCC(=O)Nc2cc(Cl)c(Cl)cc2Cl)c1. The van der Waals surface area contributed by atoms with Gasteiger partial charge in [-0.3, -0.25) is 4.79 Å². The van der Waals surface area contributed by atoms with Crippen LogP contribution in [0.15, 0.2) is 41.3 Å². The van der Waals surface area contributed by atoms with Crippen molar-refractivity contribution in [2.24, 2.45) is 0 Å². The van der Waals surface area contributed by atoms with Crippen molar-refractivity contribution in [1.29, 1.82) is 0 Å². The first kappa shape index (κ1) is 16.3. The second-order valence-electron chi connectivity index (χ2n) is 4.16.